The predicted octanol–water partition coefficient (Wildman–Crippen LogP) is 2.58. The molecule has 5 nitrogen and oxygen atoms in total. The molecule has 1 N–H and O–H groups in total. The van der Waals surface area contributed by atoms with Crippen molar-refractivity contribution in [2.45, 2.75) is 31.8 Å². The molecule has 2 aliphatic rings. The van der Waals surface area contributed by atoms with Crippen LogP contribution in [0.2, 0.25) is 0 Å². The van der Waals surface area contributed by atoms with Gasteiger partial charge in [-0.1, -0.05) is 17.3 Å². The summed E-state index contributed by atoms with van der Waals surface area (Å²) in [6, 6.07) is 8.66. The molecule has 2 heterocycles. The standard InChI is InChI=1S/C18H20FN3O2/c19-16-4-2-1-3-15(16)17-8-14(24-21-17)9-20-18(23)11-22-10-12-5-6-13(22)7-12/h1-4,8,12-13H,5-7,9-11H2,(H,20,23)/t12-,13+/m0/s1. The molecule has 24 heavy (non-hydrogen) atoms. The molecule has 2 bridgehead atoms. The maximum absolute atomic E-state index is 13.7. The van der Waals surface area contributed by atoms with Gasteiger partial charge in [-0.3, -0.25) is 9.69 Å². The second kappa shape index (κ2) is 6.36. The van der Waals surface area contributed by atoms with Gasteiger partial charge in [-0.25, -0.2) is 4.39 Å². The Balaban J connectivity index is 1.32. The molecule has 1 aliphatic heterocycles. The summed E-state index contributed by atoms with van der Waals surface area (Å²) in [7, 11) is 0. The second-order valence-corrected chi connectivity index (χ2v) is 6.70. The summed E-state index contributed by atoms with van der Waals surface area (Å²) in [4.78, 5) is 14.4. The van der Waals surface area contributed by atoms with Crippen LogP contribution >= 0.6 is 0 Å². The van der Waals surface area contributed by atoms with Crippen molar-refractivity contribution in [1.82, 2.24) is 15.4 Å². The van der Waals surface area contributed by atoms with Crippen molar-refractivity contribution in [3.8, 4) is 11.3 Å². The third-order valence-corrected chi connectivity index (χ3v) is 5.04. The molecule has 0 unspecified atom stereocenters. The summed E-state index contributed by atoms with van der Waals surface area (Å²) in [6.07, 6.45) is 3.76. The van der Waals surface area contributed by atoms with Crippen molar-refractivity contribution < 1.29 is 13.7 Å². The smallest absolute Gasteiger partial charge is 0.234 e. The van der Waals surface area contributed by atoms with E-state index in [0.29, 0.717) is 29.6 Å². The Morgan fingerprint density at radius 1 is 1.38 bits per heavy atom. The number of hydrogen-bond donors (Lipinski definition) is 1. The lowest BCUT2D eigenvalue weighted by Gasteiger charge is -2.25. The zero-order valence-corrected chi connectivity index (χ0v) is 13.4. The van der Waals surface area contributed by atoms with E-state index in [1.165, 1.54) is 25.3 Å². The first-order chi connectivity index (χ1) is 11.7. The summed E-state index contributed by atoms with van der Waals surface area (Å²) < 4.78 is 18.9. The molecule has 2 aromatic rings. The Morgan fingerprint density at radius 2 is 2.25 bits per heavy atom. The van der Waals surface area contributed by atoms with Gasteiger partial charge in [-0.15, -0.1) is 0 Å². The van der Waals surface area contributed by atoms with Crippen molar-refractivity contribution >= 4 is 5.91 Å². The Hall–Kier alpha value is -2.21. The quantitative estimate of drug-likeness (QED) is 0.916. The van der Waals surface area contributed by atoms with Crippen LogP contribution in [0.15, 0.2) is 34.9 Å². The number of halogens is 1. The monoisotopic (exact) mass is 329 g/mol. The molecule has 4 rings (SSSR count). The summed E-state index contributed by atoms with van der Waals surface area (Å²) in [5.74, 6) is 0.946. The van der Waals surface area contributed by atoms with Crippen LogP contribution in [0.4, 0.5) is 4.39 Å². The first kappa shape index (κ1) is 15.3. The fourth-order valence-electron chi connectivity index (χ4n) is 3.84. The molecule has 2 atom stereocenters. The maximum atomic E-state index is 13.7. The number of piperidine rings is 1. The molecule has 0 spiro atoms. The third kappa shape index (κ3) is 3.06. The number of carbonyl (C=O) groups excluding carboxylic acids is 1. The number of nitrogens with zero attached hydrogens (tertiary/aromatic N) is 2. The van der Waals surface area contributed by atoms with E-state index in [0.717, 1.165) is 12.5 Å². The van der Waals surface area contributed by atoms with Gasteiger partial charge in [0.15, 0.2) is 5.76 Å². The number of amides is 1. The normalized spacial score (nSPS) is 22.9. The van der Waals surface area contributed by atoms with Gasteiger partial charge in [-0.05, 0) is 37.3 Å². The van der Waals surface area contributed by atoms with E-state index in [9.17, 15) is 9.18 Å². The van der Waals surface area contributed by atoms with Crippen LogP contribution in [0.1, 0.15) is 25.0 Å². The van der Waals surface area contributed by atoms with Crippen LogP contribution < -0.4 is 5.32 Å². The van der Waals surface area contributed by atoms with E-state index in [1.807, 2.05) is 0 Å². The van der Waals surface area contributed by atoms with E-state index < -0.39 is 0 Å². The lowest BCUT2D eigenvalue weighted by molar-refractivity contribution is -0.122. The Bertz CT molecular complexity index is 745. The average Bonchev–Trinajstić information content (AvgIpc) is 3.30. The van der Waals surface area contributed by atoms with Gasteiger partial charge in [0.1, 0.15) is 11.5 Å². The average molecular weight is 329 g/mol. The SMILES string of the molecule is O=C(CN1C[C@H]2CC[C@@H]1C2)NCc1cc(-c2ccccc2F)no1. The van der Waals surface area contributed by atoms with E-state index in [2.05, 4.69) is 15.4 Å². The number of likely N-dealkylation sites (tertiary alicyclic amines) is 1. The van der Waals surface area contributed by atoms with Crippen molar-refractivity contribution in [2.24, 2.45) is 5.92 Å². The van der Waals surface area contributed by atoms with Gasteiger partial charge < -0.3 is 9.84 Å². The number of rotatable bonds is 5. The highest BCUT2D eigenvalue weighted by Gasteiger charge is 2.38. The highest BCUT2D eigenvalue weighted by atomic mass is 19.1. The predicted molar refractivity (Wildman–Crippen MR) is 86.4 cm³/mol. The largest absolute Gasteiger partial charge is 0.359 e. The Morgan fingerprint density at radius 3 is 3.00 bits per heavy atom. The Kier molecular flexibility index (Phi) is 4.06. The van der Waals surface area contributed by atoms with Gasteiger partial charge >= 0.3 is 0 Å². The van der Waals surface area contributed by atoms with Crippen molar-refractivity contribution in [3.05, 3.63) is 41.9 Å². The molecule has 126 valence electrons. The molecule has 1 saturated carbocycles. The summed E-state index contributed by atoms with van der Waals surface area (Å²) >= 11 is 0. The molecule has 0 radical (unpaired) electrons. The zero-order chi connectivity index (χ0) is 16.5. The van der Waals surface area contributed by atoms with Gasteiger partial charge in [-0.2, -0.15) is 0 Å². The maximum Gasteiger partial charge on any atom is 0.234 e. The third-order valence-electron chi connectivity index (χ3n) is 5.04. The van der Waals surface area contributed by atoms with Crippen LogP contribution in [0.5, 0.6) is 0 Å². The van der Waals surface area contributed by atoms with Gasteiger partial charge in [0.2, 0.25) is 5.91 Å². The number of hydrogen-bond acceptors (Lipinski definition) is 4. The molecule has 1 aliphatic carbocycles. The van der Waals surface area contributed by atoms with Gasteiger partial charge in [0, 0.05) is 24.2 Å². The minimum Gasteiger partial charge on any atom is -0.359 e. The van der Waals surface area contributed by atoms with Crippen LogP contribution in [0.25, 0.3) is 11.3 Å². The number of fused-ring (bicyclic) bond motifs is 2. The lowest BCUT2D eigenvalue weighted by Crippen LogP contribution is -2.40. The minimum absolute atomic E-state index is 0.00797. The summed E-state index contributed by atoms with van der Waals surface area (Å²) in [5, 5.41) is 6.74. The van der Waals surface area contributed by atoms with Crippen LogP contribution in [-0.4, -0.2) is 35.1 Å². The molecule has 1 aromatic heterocycles. The molecule has 2 fully saturated rings. The zero-order valence-electron chi connectivity index (χ0n) is 13.4. The van der Waals surface area contributed by atoms with E-state index in [4.69, 9.17) is 4.52 Å². The summed E-state index contributed by atoms with van der Waals surface area (Å²) in [5.41, 5.74) is 0.834. The molecular formula is C18H20FN3O2. The van der Waals surface area contributed by atoms with Crippen molar-refractivity contribution in [2.75, 3.05) is 13.1 Å². The topological polar surface area (TPSA) is 58.4 Å². The first-order valence-corrected chi connectivity index (χ1v) is 8.40. The molecule has 1 amide bonds. The number of aromatic nitrogens is 1. The number of carbonyl (C=O) groups is 1. The highest BCUT2D eigenvalue weighted by Crippen LogP contribution is 2.36. The van der Waals surface area contributed by atoms with Crippen LogP contribution in [-0.2, 0) is 11.3 Å². The lowest BCUT2D eigenvalue weighted by atomic mass is 10.1. The van der Waals surface area contributed by atoms with Gasteiger partial charge in [0.25, 0.3) is 0 Å². The molecule has 1 aromatic carbocycles. The van der Waals surface area contributed by atoms with Crippen molar-refractivity contribution in [3.63, 3.8) is 0 Å². The number of nitrogens with one attached hydrogen (secondary N) is 1. The molecular weight excluding hydrogens is 309 g/mol. The van der Waals surface area contributed by atoms with Crippen LogP contribution in [0, 0.1) is 11.7 Å². The molecule has 1 saturated heterocycles. The second-order valence-electron chi connectivity index (χ2n) is 6.70. The van der Waals surface area contributed by atoms with E-state index in [1.54, 1.807) is 24.3 Å². The summed E-state index contributed by atoms with van der Waals surface area (Å²) in [6.45, 7) is 1.75. The fraction of sp³-hybridized carbons (Fsp3) is 0.444. The fourth-order valence-corrected chi connectivity index (χ4v) is 3.84. The highest BCUT2D eigenvalue weighted by molar-refractivity contribution is 5.78. The van der Waals surface area contributed by atoms with Crippen LogP contribution in [0.3, 0.4) is 0 Å². The number of benzene rings is 1. The molecule has 6 heteroatoms. The minimum atomic E-state index is -0.342. The van der Waals surface area contributed by atoms with Crippen molar-refractivity contribution in [1.29, 1.82) is 0 Å². The van der Waals surface area contributed by atoms with E-state index in [-0.39, 0.29) is 18.3 Å². The van der Waals surface area contributed by atoms with E-state index >= 15 is 0 Å². The Labute approximate surface area is 139 Å². The first-order valence-electron chi connectivity index (χ1n) is 8.40. The van der Waals surface area contributed by atoms with Gasteiger partial charge in [0.05, 0.1) is 13.1 Å².